The number of hydrogen-bond donors (Lipinski definition) is 0. The number of Topliss-reactive ketones (excluding diaryl/α,β-unsaturated/α-hetero) is 1. The van der Waals surface area contributed by atoms with Gasteiger partial charge in [-0.3, -0.25) is 4.79 Å². The maximum atomic E-state index is 13.3. The average Bonchev–Trinajstić information content (AvgIpc) is 2.40. The van der Waals surface area contributed by atoms with Gasteiger partial charge in [0.15, 0.2) is 6.61 Å². The SMILES string of the molecule is O=C(COc1ccc(F)c(Cl)c1)c1ccccc1F. The summed E-state index contributed by atoms with van der Waals surface area (Å²) >= 11 is 5.57. The van der Waals surface area contributed by atoms with Crippen molar-refractivity contribution in [2.45, 2.75) is 0 Å². The second-order valence-electron chi connectivity index (χ2n) is 3.77. The van der Waals surface area contributed by atoms with Crippen molar-refractivity contribution in [2.24, 2.45) is 0 Å². The van der Waals surface area contributed by atoms with Gasteiger partial charge in [0.05, 0.1) is 10.6 Å². The molecule has 0 N–H and O–H groups in total. The molecule has 0 spiro atoms. The number of carbonyl (C=O) groups excluding carboxylic acids is 1. The highest BCUT2D eigenvalue weighted by atomic mass is 35.5. The predicted molar refractivity (Wildman–Crippen MR) is 67.6 cm³/mol. The molecule has 19 heavy (non-hydrogen) atoms. The fraction of sp³-hybridized carbons (Fsp3) is 0.0714. The molecule has 0 aromatic heterocycles. The lowest BCUT2D eigenvalue weighted by molar-refractivity contribution is 0.0917. The largest absolute Gasteiger partial charge is 0.485 e. The topological polar surface area (TPSA) is 26.3 Å². The Morgan fingerprint density at radius 1 is 1.11 bits per heavy atom. The summed E-state index contributed by atoms with van der Waals surface area (Å²) in [5.74, 6) is -1.43. The molecule has 0 heterocycles. The van der Waals surface area contributed by atoms with Gasteiger partial charge in [-0.25, -0.2) is 8.78 Å². The quantitative estimate of drug-likeness (QED) is 0.796. The molecule has 2 aromatic carbocycles. The molecule has 2 aromatic rings. The lowest BCUT2D eigenvalue weighted by atomic mass is 10.1. The van der Waals surface area contributed by atoms with E-state index >= 15 is 0 Å². The maximum Gasteiger partial charge on any atom is 0.203 e. The van der Waals surface area contributed by atoms with E-state index in [1.165, 1.54) is 30.3 Å². The summed E-state index contributed by atoms with van der Waals surface area (Å²) in [6.07, 6.45) is 0. The number of ketones is 1. The molecule has 0 fully saturated rings. The van der Waals surface area contributed by atoms with Gasteiger partial charge < -0.3 is 4.74 Å². The minimum Gasteiger partial charge on any atom is -0.485 e. The summed E-state index contributed by atoms with van der Waals surface area (Å²) in [6.45, 7) is -0.344. The molecule has 2 rings (SSSR count). The molecule has 0 bridgehead atoms. The highest BCUT2D eigenvalue weighted by Crippen LogP contribution is 2.21. The Bertz CT molecular complexity index is 614. The number of rotatable bonds is 4. The number of ether oxygens (including phenoxy) is 1. The Kier molecular flexibility index (Phi) is 4.12. The van der Waals surface area contributed by atoms with Crippen LogP contribution in [0, 0.1) is 11.6 Å². The fourth-order valence-electron chi connectivity index (χ4n) is 1.48. The first-order chi connectivity index (χ1) is 9.08. The van der Waals surface area contributed by atoms with Gasteiger partial charge in [0.1, 0.15) is 17.4 Å². The minimum atomic E-state index is -0.603. The van der Waals surface area contributed by atoms with E-state index in [4.69, 9.17) is 16.3 Å². The van der Waals surface area contributed by atoms with E-state index < -0.39 is 17.4 Å². The normalized spacial score (nSPS) is 10.3. The van der Waals surface area contributed by atoms with E-state index in [2.05, 4.69) is 0 Å². The molecule has 98 valence electrons. The first-order valence-electron chi connectivity index (χ1n) is 5.43. The van der Waals surface area contributed by atoms with Crippen molar-refractivity contribution in [2.75, 3.05) is 6.61 Å². The lowest BCUT2D eigenvalue weighted by Crippen LogP contribution is -2.13. The highest BCUT2D eigenvalue weighted by molar-refractivity contribution is 6.30. The molecule has 0 aliphatic carbocycles. The standard InChI is InChI=1S/C14H9ClF2O2/c15-11-7-9(5-6-13(11)17)19-8-14(18)10-3-1-2-4-12(10)16/h1-7H,8H2. The van der Waals surface area contributed by atoms with Crippen LogP contribution in [0.3, 0.4) is 0 Å². The van der Waals surface area contributed by atoms with Crippen LogP contribution in [0.1, 0.15) is 10.4 Å². The average molecular weight is 283 g/mol. The lowest BCUT2D eigenvalue weighted by Gasteiger charge is -2.06. The zero-order chi connectivity index (χ0) is 13.8. The van der Waals surface area contributed by atoms with Crippen molar-refractivity contribution in [1.29, 1.82) is 0 Å². The van der Waals surface area contributed by atoms with Gasteiger partial charge in [-0.1, -0.05) is 23.7 Å². The van der Waals surface area contributed by atoms with Crippen molar-refractivity contribution >= 4 is 17.4 Å². The van der Waals surface area contributed by atoms with Crippen molar-refractivity contribution in [3.63, 3.8) is 0 Å². The molecular weight excluding hydrogens is 274 g/mol. The van der Waals surface area contributed by atoms with Crippen molar-refractivity contribution in [3.05, 3.63) is 64.7 Å². The van der Waals surface area contributed by atoms with Crippen LogP contribution >= 0.6 is 11.6 Å². The smallest absolute Gasteiger partial charge is 0.203 e. The molecule has 5 heteroatoms. The number of hydrogen-bond acceptors (Lipinski definition) is 2. The molecule has 0 aliphatic heterocycles. The molecule has 0 aliphatic rings. The van der Waals surface area contributed by atoms with Crippen LogP contribution in [0.25, 0.3) is 0 Å². The van der Waals surface area contributed by atoms with E-state index in [1.54, 1.807) is 6.07 Å². The van der Waals surface area contributed by atoms with Crippen LogP contribution in [0.2, 0.25) is 5.02 Å². The summed E-state index contributed by atoms with van der Waals surface area (Å²) in [5, 5.41) is -0.101. The van der Waals surface area contributed by atoms with Crippen LogP contribution in [0.4, 0.5) is 8.78 Å². The summed E-state index contributed by atoms with van der Waals surface area (Å²) < 4.78 is 31.4. The Morgan fingerprint density at radius 2 is 1.84 bits per heavy atom. The Balaban J connectivity index is 2.04. The summed E-state index contributed by atoms with van der Waals surface area (Å²) in [6, 6.07) is 9.35. The van der Waals surface area contributed by atoms with Crippen LogP contribution in [0.15, 0.2) is 42.5 Å². The van der Waals surface area contributed by atoms with Crippen LogP contribution < -0.4 is 4.74 Å². The van der Waals surface area contributed by atoms with Crippen LogP contribution in [0.5, 0.6) is 5.75 Å². The second kappa shape index (κ2) is 5.80. The molecule has 0 saturated heterocycles. The van der Waals surface area contributed by atoms with E-state index in [0.29, 0.717) is 0 Å². The van der Waals surface area contributed by atoms with E-state index in [1.807, 2.05) is 0 Å². The van der Waals surface area contributed by atoms with E-state index in [9.17, 15) is 13.6 Å². The number of benzene rings is 2. The first kappa shape index (κ1) is 13.5. The predicted octanol–water partition coefficient (Wildman–Crippen LogP) is 3.88. The van der Waals surface area contributed by atoms with Crippen molar-refractivity contribution < 1.29 is 18.3 Å². The van der Waals surface area contributed by atoms with Gasteiger partial charge in [0.2, 0.25) is 5.78 Å². The monoisotopic (exact) mass is 282 g/mol. The molecular formula is C14H9ClF2O2. The maximum absolute atomic E-state index is 13.3. The van der Waals surface area contributed by atoms with E-state index in [-0.39, 0.29) is 22.9 Å². The van der Waals surface area contributed by atoms with Crippen LogP contribution in [-0.4, -0.2) is 12.4 Å². The number of halogens is 3. The van der Waals surface area contributed by atoms with Gasteiger partial charge >= 0.3 is 0 Å². The fourth-order valence-corrected chi connectivity index (χ4v) is 1.65. The molecule has 0 amide bonds. The van der Waals surface area contributed by atoms with Gasteiger partial charge in [0.25, 0.3) is 0 Å². The van der Waals surface area contributed by atoms with Crippen molar-refractivity contribution in [1.82, 2.24) is 0 Å². The third-order valence-corrected chi connectivity index (χ3v) is 2.72. The van der Waals surface area contributed by atoms with Crippen LogP contribution in [-0.2, 0) is 0 Å². The molecule has 0 saturated carbocycles. The van der Waals surface area contributed by atoms with Gasteiger partial charge in [-0.15, -0.1) is 0 Å². The molecule has 0 radical (unpaired) electrons. The molecule has 0 unspecified atom stereocenters. The third-order valence-electron chi connectivity index (χ3n) is 2.44. The summed E-state index contributed by atoms with van der Waals surface area (Å²) in [7, 11) is 0. The van der Waals surface area contributed by atoms with Gasteiger partial charge in [0, 0.05) is 6.07 Å². The summed E-state index contributed by atoms with van der Waals surface area (Å²) in [4.78, 5) is 11.7. The molecule has 0 atom stereocenters. The highest BCUT2D eigenvalue weighted by Gasteiger charge is 2.12. The molecule has 2 nitrogen and oxygen atoms in total. The summed E-state index contributed by atoms with van der Waals surface area (Å²) in [5.41, 5.74) is -0.0456. The zero-order valence-electron chi connectivity index (χ0n) is 9.70. The Hall–Kier alpha value is -1.94. The third kappa shape index (κ3) is 3.29. The number of carbonyl (C=O) groups is 1. The van der Waals surface area contributed by atoms with E-state index in [0.717, 1.165) is 6.07 Å². The van der Waals surface area contributed by atoms with Gasteiger partial charge in [-0.05, 0) is 24.3 Å². The Labute approximate surface area is 113 Å². The second-order valence-corrected chi connectivity index (χ2v) is 4.17. The minimum absolute atomic E-state index is 0.0456. The zero-order valence-corrected chi connectivity index (χ0v) is 10.5. The van der Waals surface area contributed by atoms with Gasteiger partial charge in [-0.2, -0.15) is 0 Å². The Morgan fingerprint density at radius 3 is 2.53 bits per heavy atom. The van der Waals surface area contributed by atoms with Crippen molar-refractivity contribution in [3.8, 4) is 5.75 Å². The first-order valence-corrected chi connectivity index (χ1v) is 5.81.